The molecular weight excluding hydrogens is 186 g/mol. The first-order valence-electron chi connectivity index (χ1n) is 4.87. The van der Waals surface area contributed by atoms with E-state index >= 15 is 0 Å². The first kappa shape index (κ1) is 9.22. The first-order valence-corrected chi connectivity index (χ1v) is 7.25. The third-order valence-electron chi connectivity index (χ3n) is 3.00. The minimum atomic E-state index is 0.833. The summed E-state index contributed by atoms with van der Waals surface area (Å²) in [7, 11) is 4.21. The van der Waals surface area contributed by atoms with Gasteiger partial charge in [0.1, 0.15) is 0 Å². The van der Waals surface area contributed by atoms with Crippen molar-refractivity contribution in [2.45, 2.75) is 30.9 Å². The van der Waals surface area contributed by atoms with Crippen LogP contribution < -0.4 is 5.73 Å². The van der Waals surface area contributed by atoms with Crippen molar-refractivity contribution in [1.29, 1.82) is 0 Å². The van der Waals surface area contributed by atoms with Gasteiger partial charge in [-0.25, -0.2) is 0 Å². The lowest BCUT2D eigenvalue weighted by Crippen LogP contribution is -2.18. The van der Waals surface area contributed by atoms with Crippen LogP contribution in [0.1, 0.15) is 25.7 Å². The van der Waals surface area contributed by atoms with Gasteiger partial charge in [-0.2, -0.15) is 0 Å². The molecule has 2 rings (SSSR count). The van der Waals surface area contributed by atoms with Gasteiger partial charge in [0, 0.05) is 11.0 Å². The Morgan fingerprint density at radius 2 is 2.17 bits per heavy atom. The van der Waals surface area contributed by atoms with Gasteiger partial charge in [-0.15, -0.1) is 0 Å². The summed E-state index contributed by atoms with van der Waals surface area (Å²) in [6.07, 6.45) is 5.66. The maximum atomic E-state index is 5.74. The lowest BCUT2D eigenvalue weighted by Gasteiger charge is -2.24. The van der Waals surface area contributed by atoms with E-state index in [1.807, 2.05) is 0 Å². The molecule has 3 atom stereocenters. The molecule has 3 unspecified atom stereocenters. The number of fused-ring (bicyclic) bond motifs is 2. The SMILES string of the molecule is NCC1CCC2CC(CSS2)C1. The van der Waals surface area contributed by atoms with Crippen molar-refractivity contribution in [2.75, 3.05) is 12.3 Å². The van der Waals surface area contributed by atoms with Crippen molar-refractivity contribution in [1.82, 2.24) is 0 Å². The maximum absolute atomic E-state index is 5.74. The molecule has 2 fully saturated rings. The highest BCUT2D eigenvalue weighted by Gasteiger charge is 2.29. The highest BCUT2D eigenvalue weighted by Crippen LogP contribution is 2.45. The van der Waals surface area contributed by atoms with Crippen LogP contribution in [0, 0.1) is 11.8 Å². The first-order chi connectivity index (χ1) is 5.88. The predicted octanol–water partition coefficient (Wildman–Crippen LogP) is 2.52. The summed E-state index contributed by atoms with van der Waals surface area (Å²) < 4.78 is 0. The van der Waals surface area contributed by atoms with Gasteiger partial charge in [-0.3, -0.25) is 0 Å². The molecule has 0 aromatic carbocycles. The molecule has 70 valence electrons. The summed E-state index contributed by atoms with van der Waals surface area (Å²) in [4.78, 5) is 0. The van der Waals surface area contributed by atoms with E-state index in [2.05, 4.69) is 21.6 Å². The zero-order chi connectivity index (χ0) is 8.39. The average Bonchev–Trinajstić information content (AvgIpc) is 2.25. The van der Waals surface area contributed by atoms with Crippen LogP contribution in [0.2, 0.25) is 0 Å². The van der Waals surface area contributed by atoms with Gasteiger partial charge in [-0.1, -0.05) is 21.6 Å². The molecule has 2 aliphatic rings. The summed E-state index contributed by atoms with van der Waals surface area (Å²) in [6.45, 7) is 0.915. The summed E-state index contributed by atoms with van der Waals surface area (Å²) in [5.41, 5.74) is 5.74. The largest absolute Gasteiger partial charge is 0.330 e. The van der Waals surface area contributed by atoms with Gasteiger partial charge in [0.2, 0.25) is 0 Å². The molecule has 2 bridgehead atoms. The second-order valence-corrected chi connectivity index (χ2v) is 6.73. The molecule has 1 saturated heterocycles. The van der Waals surface area contributed by atoms with E-state index in [1.165, 1.54) is 31.4 Å². The van der Waals surface area contributed by atoms with Crippen LogP contribution in [0.3, 0.4) is 0 Å². The molecule has 1 aliphatic heterocycles. The average molecular weight is 203 g/mol. The third-order valence-corrected chi connectivity index (χ3v) is 6.08. The molecule has 3 heteroatoms. The van der Waals surface area contributed by atoms with Crippen LogP contribution in [-0.2, 0) is 0 Å². The molecule has 12 heavy (non-hydrogen) atoms. The molecular formula is C9H17NS2. The Kier molecular flexibility index (Phi) is 3.27. The maximum Gasteiger partial charge on any atom is 0.0154 e. The molecule has 0 aromatic heterocycles. The van der Waals surface area contributed by atoms with Gasteiger partial charge in [0.15, 0.2) is 0 Å². The van der Waals surface area contributed by atoms with E-state index in [9.17, 15) is 0 Å². The van der Waals surface area contributed by atoms with Gasteiger partial charge in [-0.05, 0) is 44.1 Å². The van der Waals surface area contributed by atoms with Crippen molar-refractivity contribution in [2.24, 2.45) is 17.6 Å². The van der Waals surface area contributed by atoms with Crippen molar-refractivity contribution >= 4 is 21.6 Å². The second kappa shape index (κ2) is 4.25. The van der Waals surface area contributed by atoms with Crippen LogP contribution in [0.4, 0.5) is 0 Å². The van der Waals surface area contributed by atoms with E-state index in [0.29, 0.717) is 0 Å². The quantitative estimate of drug-likeness (QED) is 0.663. The zero-order valence-electron chi connectivity index (χ0n) is 7.37. The van der Waals surface area contributed by atoms with E-state index in [-0.39, 0.29) is 0 Å². The molecule has 2 N–H and O–H groups in total. The van der Waals surface area contributed by atoms with Crippen LogP contribution in [0.25, 0.3) is 0 Å². The standard InChI is InChI=1S/C9H17NS2/c10-5-7-1-2-9-4-8(3-7)6-11-12-9/h7-9H,1-6,10H2. The lowest BCUT2D eigenvalue weighted by molar-refractivity contribution is 0.408. The van der Waals surface area contributed by atoms with Gasteiger partial charge >= 0.3 is 0 Å². The highest BCUT2D eigenvalue weighted by atomic mass is 33.1. The molecule has 1 heterocycles. The summed E-state index contributed by atoms with van der Waals surface area (Å²) in [5.74, 6) is 3.19. The molecule has 1 saturated carbocycles. The fourth-order valence-corrected chi connectivity index (χ4v) is 5.50. The summed E-state index contributed by atoms with van der Waals surface area (Å²) >= 11 is 0. The number of rotatable bonds is 1. The van der Waals surface area contributed by atoms with E-state index in [1.54, 1.807) is 0 Å². The van der Waals surface area contributed by atoms with Crippen LogP contribution >= 0.6 is 21.6 Å². The summed E-state index contributed by atoms with van der Waals surface area (Å²) in [5, 5.41) is 0.949. The Hall–Kier alpha value is 0.660. The van der Waals surface area contributed by atoms with Crippen LogP contribution in [0.15, 0.2) is 0 Å². The Balaban J connectivity index is 1.95. The number of hydrogen-bond acceptors (Lipinski definition) is 3. The molecule has 1 nitrogen and oxygen atoms in total. The Morgan fingerprint density at radius 3 is 3.00 bits per heavy atom. The number of hydrogen-bond donors (Lipinski definition) is 1. The molecule has 0 spiro atoms. The van der Waals surface area contributed by atoms with Crippen molar-refractivity contribution in [3.63, 3.8) is 0 Å². The highest BCUT2D eigenvalue weighted by molar-refractivity contribution is 8.77. The topological polar surface area (TPSA) is 26.0 Å². The molecule has 0 amide bonds. The lowest BCUT2D eigenvalue weighted by atomic mass is 9.95. The molecule has 0 aromatic rings. The van der Waals surface area contributed by atoms with Crippen LogP contribution in [-0.4, -0.2) is 17.5 Å². The van der Waals surface area contributed by atoms with Gasteiger partial charge in [0.05, 0.1) is 0 Å². The minimum Gasteiger partial charge on any atom is -0.330 e. The summed E-state index contributed by atoms with van der Waals surface area (Å²) in [6, 6.07) is 0. The van der Waals surface area contributed by atoms with Crippen molar-refractivity contribution in [3.05, 3.63) is 0 Å². The fourth-order valence-electron chi connectivity index (χ4n) is 2.27. The normalized spacial score (nSPS) is 42.2. The Morgan fingerprint density at radius 1 is 1.25 bits per heavy atom. The predicted molar refractivity (Wildman–Crippen MR) is 58.3 cm³/mol. The minimum absolute atomic E-state index is 0.833. The van der Waals surface area contributed by atoms with Crippen molar-refractivity contribution in [3.8, 4) is 0 Å². The Labute approximate surface area is 82.6 Å². The van der Waals surface area contributed by atoms with Gasteiger partial charge in [0.25, 0.3) is 0 Å². The van der Waals surface area contributed by atoms with E-state index in [0.717, 1.165) is 23.6 Å². The van der Waals surface area contributed by atoms with E-state index < -0.39 is 0 Å². The fraction of sp³-hybridized carbons (Fsp3) is 1.00. The van der Waals surface area contributed by atoms with Crippen molar-refractivity contribution < 1.29 is 0 Å². The molecule has 0 radical (unpaired) electrons. The Bertz CT molecular complexity index is 151. The second-order valence-electron chi connectivity index (χ2n) is 4.02. The zero-order valence-corrected chi connectivity index (χ0v) is 9.00. The number of nitrogens with two attached hydrogens (primary N) is 1. The van der Waals surface area contributed by atoms with Crippen LogP contribution in [0.5, 0.6) is 0 Å². The smallest absolute Gasteiger partial charge is 0.0154 e. The molecule has 1 aliphatic carbocycles. The monoisotopic (exact) mass is 203 g/mol. The van der Waals surface area contributed by atoms with Gasteiger partial charge < -0.3 is 5.73 Å². The van der Waals surface area contributed by atoms with E-state index in [4.69, 9.17) is 5.73 Å². The third kappa shape index (κ3) is 2.12.